The lowest BCUT2D eigenvalue weighted by Gasteiger charge is -2.34. The van der Waals surface area contributed by atoms with Crippen molar-refractivity contribution in [3.05, 3.63) is 39.6 Å². The maximum atomic E-state index is 12.7. The topological polar surface area (TPSA) is 61.6 Å². The van der Waals surface area contributed by atoms with Crippen LogP contribution < -0.4 is 0 Å². The molecule has 0 spiro atoms. The third-order valence-corrected chi connectivity index (χ3v) is 5.62. The molecule has 2 aromatic rings. The number of aromatic nitrogens is 1. The predicted molar refractivity (Wildman–Crippen MR) is 93.5 cm³/mol. The van der Waals surface area contributed by atoms with Gasteiger partial charge in [-0.05, 0) is 24.5 Å². The first-order valence-electron chi connectivity index (χ1n) is 7.10. The minimum atomic E-state index is -1.56. The molecule has 0 amide bonds. The minimum Gasteiger partial charge on any atom is -0.359 e. The van der Waals surface area contributed by atoms with Crippen LogP contribution in [0.2, 0.25) is 10.0 Å². The summed E-state index contributed by atoms with van der Waals surface area (Å²) in [5.74, 6) is -1.18. The Labute approximate surface area is 153 Å². The van der Waals surface area contributed by atoms with Gasteiger partial charge in [-0.3, -0.25) is 4.79 Å². The molecule has 3 rings (SSSR count). The zero-order valence-electron chi connectivity index (χ0n) is 13.3. The summed E-state index contributed by atoms with van der Waals surface area (Å²) in [5, 5.41) is 4.90. The van der Waals surface area contributed by atoms with E-state index in [9.17, 15) is 4.79 Å². The van der Waals surface area contributed by atoms with E-state index in [1.165, 1.54) is 26.0 Å². The molecular formula is C16H15Cl2NO4S. The van der Waals surface area contributed by atoms with Crippen LogP contribution in [0.15, 0.2) is 22.7 Å². The highest BCUT2D eigenvalue weighted by Crippen LogP contribution is 2.50. The first kappa shape index (κ1) is 17.8. The summed E-state index contributed by atoms with van der Waals surface area (Å²) < 4.78 is 16.5. The molecule has 8 heteroatoms. The van der Waals surface area contributed by atoms with Gasteiger partial charge in [0.1, 0.15) is 5.69 Å². The van der Waals surface area contributed by atoms with Crippen LogP contribution >= 0.6 is 35.0 Å². The lowest BCUT2D eigenvalue weighted by molar-refractivity contribution is -0.216. The molecule has 0 fully saturated rings. The maximum absolute atomic E-state index is 12.7. The summed E-state index contributed by atoms with van der Waals surface area (Å²) in [6, 6.07) is 5.03. The van der Waals surface area contributed by atoms with Crippen molar-refractivity contribution in [3.8, 4) is 11.3 Å². The molecule has 0 aliphatic heterocycles. The summed E-state index contributed by atoms with van der Waals surface area (Å²) in [7, 11) is 2.84. The molecule has 128 valence electrons. The van der Waals surface area contributed by atoms with Crippen molar-refractivity contribution in [1.82, 2.24) is 5.16 Å². The van der Waals surface area contributed by atoms with Gasteiger partial charge in [-0.15, -0.1) is 0 Å². The number of hydrogen-bond donors (Lipinski definition) is 0. The van der Waals surface area contributed by atoms with Crippen LogP contribution in [0.1, 0.15) is 23.0 Å². The molecule has 0 saturated carbocycles. The molecule has 1 heterocycles. The number of hydrogen-bond acceptors (Lipinski definition) is 6. The quantitative estimate of drug-likeness (QED) is 0.721. The number of fused-ring (bicyclic) bond motifs is 1. The monoisotopic (exact) mass is 387 g/mol. The zero-order chi connectivity index (χ0) is 17.5. The molecule has 24 heavy (non-hydrogen) atoms. The SMILES string of the molecule is COC1(OC)C(=O)C[C@@H](SC)c2onc(-c3ccc(Cl)cc3Cl)c21. The molecule has 1 atom stereocenters. The third kappa shape index (κ3) is 2.57. The number of thioether (sulfide) groups is 1. The molecular weight excluding hydrogens is 373 g/mol. The van der Waals surface area contributed by atoms with Gasteiger partial charge in [0.25, 0.3) is 5.79 Å². The number of nitrogens with zero attached hydrogens (tertiary/aromatic N) is 1. The smallest absolute Gasteiger partial charge is 0.261 e. The van der Waals surface area contributed by atoms with Crippen molar-refractivity contribution in [2.45, 2.75) is 17.5 Å². The van der Waals surface area contributed by atoms with E-state index in [4.69, 9.17) is 37.2 Å². The molecule has 0 N–H and O–H groups in total. The lowest BCUT2D eigenvalue weighted by atomic mass is 9.86. The van der Waals surface area contributed by atoms with E-state index in [-0.39, 0.29) is 17.5 Å². The summed E-state index contributed by atoms with van der Waals surface area (Å²) in [4.78, 5) is 12.7. The summed E-state index contributed by atoms with van der Waals surface area (Å²) in [5.41, 5.74) is 1.48. The number of carbonyl (C=O) groups excluding carboxylic acids is 1. The molecule has 5 nitrogen and oxygen atoms in total. The predicted octanol–water partition coefficient (Wildman–Crippen LogP) is 4.47. The molecule has 0 bridgehead atoms. The normalized spacial score (nSPS) is 19.4. The number of benzene rings is 1. The van der Waals surface area contributed by atoms with Gasteiger partial charge < -0.3 is 14.0 Å². The number of ether oxygens (including phenoxy) is 2. The lowest BCUT2D eigenvalue weighted by Crippen LogP contribution is -2.44. The fourth-order valence-corrected chi connectivity index (χ4v) is 4.14. The first-order chi connectivity index (χ1) is 11.5. The van der Waals surface area contributed by atoms with Crippen LogP contribution in [0.4, 0.5) is 0 Å². The van der Waals surface area contributed by atoms with Crippen molar-refractivity contribution in [2.24, 2.45) is 0 Å². The van der Waals surface area contributed by atoms with Gasteiger partial charge in [-0.25, -0.2) is 0 Å². The Morgan fingerprint density at radius 1 is 1.33 bits per heavy atom. The molecule has 1 aliphatic rings. The second-order valence-corrected chi connectivity index (χ2v) is 7.16. The van der Waals surface area contributed by atoms with Gasteiger partial charge in [0.15, 0.2) is 11.5 Å². The molecule has 0 radical (unpaired) electrons. The first-order valence-corrected chi connectivity index (χ1v) is 9.14. The molecule has 1 aliphatic carbocycles. The van der Waals surface area contributed by atoms with Crippen molar-refractivity contribution in [2.75, 3.05) is 20.5 Å². The zero-order valence-corrected chi connectivity index (χ0v) is 15.6. The highest BCUT2D eigenvalue weighted by molar-refractivity contribution is 7.98. The number of methoxy groups -OCH3 is 2. The fourth-order valence-electron chi connectivity index (χ4n) is 2.95. The van der Waals surface area contributed by atoms with Crippen molar-refractivity contribution in [3.63, 3.8) is 0 Å². The van der Waals surface area contributed by atoms with Crippen molar-refractivity contribution < 1.29 is 18.8 Å². The van der Waals surface area contributed by atoms with Gasteiger partial charge in [0, 0.05) is 31.2 Å². The number of halogens is 2. The molecule has 0 saturated heterocycles. The Bertz CT molecular complexity index is 788. The van der Waals surface area contributed by atoms with Gasteiger partial charge in [-0.1, -0.05) is 28.4 Å². The van der Waals surface area contributed by atoms with Crippen LogP contribution in [-0.4, -0.2) is 31.4 Å². The number of rotatable bonds is 4. The number of carbonyl (C=O) groups is 1. The van der Waals surface area contributed by atoms with E-state index in [0.717, 1.165) is 0 Å². The van der Waals surface area contributed by atoms with Crippen LogP contribution in [-0.2, 0) is 20.1 Å². The van der Waals surface area contributed by atoms with E-state index < -0.39 is 5.79 Å². The van der Waals surface area contributed by atoms with Crippen LogP contribution in [0.3, 0.4) is 0 Å². The largest absolute Gasteiger partial charge is 0.359 e. The Hall–Kier alpha value is -1.05. The Morgan fingerprint density at radius 3 is 2.62 bits per heavy atom. The average molecular weight is 388 g/mol. The van der Waals surface area contributed by atoms with E-state index in [2.05, 4.69) is 5.16 Å². The molecule has 0 unspecified atom stereocenters. The van der Waals surface area contributed by atoms with E-state index in [1.54, 1.807) is 18.2 Å². The van der Waals surface area contributed by atoms with Gasteiger partial charge in [0.05, 0.1) is 15.8 Å². The van der Waals surface area contributed by atoms with Crippen molar-refractivity contribution >= 4 is 40.7 Å². The highest BCUT2D eigenvalue weighted by Gasteiger charge is 2.52. The summed E-state index contributed by atoms with van der Waals surface area (Å²) in [6.45, 7) is 0. The van der Waals surface area contributed by atoms with Crippen LogP contribution in [0.25, 0.3) is 11.3 Å². The Balaban J connectivity index is 2.29. The second-order valence-electron chi connectivity index (χ2n) is 5.27. The fraction of sp³-hybridized carbons (Fsp3) is 0.375. The third-order valence-electron chi connectivity index (χ3n) is 4.12. The second kappa shape index (κ2) is 6.69. The van der Waals surface area contributed by atoms with Gasteiger partial charge >= 0.3 is 0 Å². The van der Waals surface area contributed by atoms with E-state index >= 15 is 0 Å². The molecule has 1 aromatic carbocycles. The Morgan fingerprint density at radius 2 is 2.04 bits per heavy atom. The maximum Gasteiger partial charge on any atom is 0.261 e. The number of Topliss-reactive ketones (excluding diaryl/α,β-unsaturated/α-hetero) is 1. The van der Waals surface area contributed by atoms with E-state index in [0.29, 0.717) is 32.6 Å². The van der Waals surface area contributed by atoms with Crippen molar-refractivity contribution in [1.29, 1.82) is 0 Å². The number of ketones is 1. The van der Waals surface area contributed by atoms with Gasteiger partial charge in [0.2, 0.25) is 0 Å². The van der Waals surface area contributed by atoms with Crippen LogP contribution in [0, 0.1) is 0 Å². The highest BCUT2D eigenvalue weighted by atomic mass is 35.5. The minimum absolute atomic E-state index is 0.154. The van der Waals surface area contributed by atoms with Gasteiger partial charge in [-0.2, -0.15) is 11.8 Å². The summed E-state index contributed by atoms with van der Waals surface area (Å²) >= 11 is 13.8. The Kier molecular flexibility index (Phi) is 4.95. The average Bonchev–Trinajstić information content (AvgIpc) is 3.00. The standard InChI is InChI=1S/C16H15Cl2NO4S/c1-21-16(22-2)12(20)7-11(24-3)15-13(16)14(19-23-15)9-5-4-8(17)6-10(9)18/h4-6,11H,7H2,1-3H3/t11-/m1/s1. The molecule has 1 aromatic heterocycles. The van der Waals surface area contributed by atoms with Crippen LogP contribution in [0.5, 0.6) is 0 Å². The summed E-state index contributed by atoms with van der Waals surface area (Å²) in [6.07, 6.45) is 2.14. The van der Waals surface area contributed by atoms with E-state index in [1.807, 2.05) is 6.26 Å².